The molecule has 2 fully saturated rings. The van der Waals surface area contributed by atoms with Crippen molar-refractivity contribution in [3.8, 4) is 0 Å². The smallest absolute Gasteiger partial charge is 0.254 e. The number of aliphatic hydroxyl groups is 1. The summed E-state index contributed by atoms with van der Waals surface area (Å²) in [4.78, 5) is 15.1. The molecule has 2 heterocycles. The largest absolute Gasteiger partial charge is 0.396 e. The number of aliphatic hydroxyl groups excluding tert-OH is 1. The third-order valence-corrected chi connectivity index (χ3v) is 6.14. The summed E-state index contributed by atoms with van der Waals surface area (Å²) >= 11 is 5.95. The molecule has 0 radical (unpaired) electrons. The van der Waals surface area contributed by atoms with Crippen LogP contribution >= 0.6 is 11.6 Å². The molecule has 0 aliphatic carbocycles. The number of benzene rings is 2. The van der Waals surface area contributed by atoms with E-state index in [1.807, 2.05) is 23.1 Å². The number of nitrogens with zero attached hydrogens (tertiary/aromatic N) is 1. The van der Waals surface area contributed by atoms with Crippen molar-refractivity contribution >= 4 is 17.5 Å². The lowest BCUT2D eigenvalue weighted by atomic mass is 9.70. The Labute approximate surface area is 153 Å². The SMILES string of the molecule is O=C(c1ccc(Cl)cc1)N1[C@H]2CC[C@@H]1[C@@](CO)(Cc1ccccc1)C2. The molecule has 130 valence electrons. The summed E-state index contributed by atoms with van der Waals surface area (Å²) < 4.78 is 0. The summed E-state index contributed by atoms with van der Waals surface area (Å²) in [5, 5.41) is 10.9. The third kappa shape index (κ3) is 2.86. The Morgan fingerprint density at radius 1 is 1.12 bits per heavy atom. The van der Waals surface area contributed by atoms with E-state index in [2.05, 4.69) is 12.1 Å². The van der Waals surface area contributed by atoms with Crippen LogP contribution in [0, 0.1) is 5.41 Å². The number of halogens is 1. The lowest BCUT2D eigenvalue weighted by Crippen LogP contribution is -2.43. The van der Waals surface area contributed by atoms with Crippen molar-refractivity contribution in [1.29, 1.82) is 0 Å². The van der Waals surface area contributed by atoms with Crippen molar-refractivity contribution in [3.05, 3.63) is 70.7 Å². The van der Waals surface area contributed by atoms with E-state index in [9.17, 15) is 9.90 Å². The van der Waals surface area contributed by atoms with Crippen LogP contribution in [0.15, 0.2) is 54.6 Å². The Balaban J connectivity index is 1.61. The Kier molecular flexibility index (Phi) is 4.30. The highest BCUT2D eigenvalue weighted by molar-refractivity contribution is 6.30. The summed E-state index contributed by atoms with van der Waals surface area (Å²) in [6, 6.07) is 17.7. The molecule has 3 atom stereocenters. The van der Waals surface area contributed by atoms with E-state index >= 15 is 0 Å². The van der Waals surface area contributed by atoms with Crippen LogP contribution in [0.4, 0.5) is 0 Å². The first-order valence-electron chi connectivity index (χ1n) is 8.86. The molecule has 0 aromatic heterocycles. The van der Waals surface area contributed by atoms with Crippen LogP contribution in [0.3, 0.4) is 0 Å². The first-order chi connectivity index (χ1) is 12.1. The average Bonchev–Trinajstić information content (AvgIpc) is 3.18. The predicted octanol–water partition coefficient (Wildman–Crippen LogP) is 3.94. The Morgan fingerprint density at radius 2 is 1.84 bits per heavy atom. The molecule has 0 saturated carbocycles. The molecule has 1 amide bonds. The molecule has 2 aliphatic rings. The molecule has 2 aromatic rings. The van der Waals surface area contributed by atoms with Gasteiger partial charge in [-0.15, -0.1) is 0 Å². The van der Waals surface area contributed by atoms with Crippen molar-refractivity contribution in [2.75, 3.05) is 6.61 Å². The second-order valence-electron chi connectivity index (χ2n) is 7.35. The molecule has 2 aliphatic heterocycles. The number of carbonyl (C=O) groups excluding carboxylic acids is 1. The zero-order valence-corrected chi connectivity index (χ0v) is 14.8. The van der Waals surface area contributed by atoms with E-state index in [1.165, 1.54) is 5.56 Å². The highest BCUT2D eigenvalue weighted by atomic mass is 35.5. The van der Waals surface area contributed by atoms with Gasteiger partial charge in [0.05, 0.1) is 6.61 Å². The normalized spacial score (nSPS) is 27.7. The topological polar surface area (TPSA) is 40.5 Å². The molecular weight excluding hydrogens is 334 g/mol. The Morgan fingerprint density at radius 3 is 2.52 bits per heavy atom. The maximum absolute atomic E-state index is 13.1. The fourth-order valence-corrected chi connectivity index (χ4v) is 4.88. The van der Waals surface area contributed by atoms with Gasteiger partial charge in [-0.1, -0.05) is 41.9 Å². The second-order valence-corrected chi connectivity index (χ2v) is 7.79. The third-order valence-electron chi connectivity index (χ3n) is 5.89. The van der Waals surface area contributed by atoms with E-state index in [0.717, 1.165) is 25.7 Å². The molecule has 2 saturated heterocycles. The Bertz CT molecular complexity index is 761. The molecule has 0 spiro atoms. The number of amides is 1. The summed E-state index contributed by atoms with van der Waals surface area (Å²) in [5.41, 5.74) is 1.67. The van der Waals surface area contributed by atoms with Gasteiger partial charge in [0.2, 0.25) is 0 Å². The fraction of sp³-hybridized carbons (Fsp3) is 0.381. The van der Waals surface area contributed by atoms with Crippen molar-refractivity contribution in [2.45, 2.75) is 37.8 Å². The number of hydrogen-bond acceptors (Lipinski definition) is 2. The minimum Gasteiger partial charge on any atom is -0.396 e. The van der Waals surface area contributed by atoms with Crippen LogP contribution in [-0.4, -0.2) is 34.6 Å². The highest BCUT2D eigenvalue weighted by Crippen LogP contribution is 2.51. The van der Waals surface area contributed by atoms with Crippen LogP contribution < -0.4 is 0 Å². The van der Waals surface area contributed by atoms with E-state index in [1.54, 1.807) is 24.3 Å². The minimum absolute atomic E-state index is 0.0625. The van der Waals surface area contributed by atoms with Crippen molar-refractivity contribution in [3.63, 3.8) is 0 Å². The average molecular weight is 356 g/mol. The predicted molar refractivity (Wildman–Crippen MR) is 98.7 cm³/mol. The van der Waals surface area contributed by atoms with E-state index in [-0.39, 0.29) is 30.0 Å². The lowest BCUT2D eigenvalue weighted by molar-refractivity contribution is 0.0571. The molecule has 2 aromatic carbocycles. The van der Waals surface area contributed by atoms with Gasteiger partial charge >= 0.3 is 0 Å². The number of fused-ring (bicyclic) bond motifs is 2. The van der Waals surface area contributed by atoms with Gasteiger partial charge in [-0.05, 0) is 55.5 Å². The zero-order valence-electron chi connectivity index (χ0n) is 14.1. The fourth-order valence-electron chi connectivity index (χ4n) is 4.76. The monoisotopic (exact) mass is 355 g/mol. The van der Waals surface area contributed by atoms with Crippen LogP contribution in [0.1, 0.15) is 35.2 Å². The summed E-state index contributed by atoms with van der Waals surface area (Å²) in [7, 11) is 0. The Hall–Kier alpha value is -1.84. The molecular formula is C21H22ClNO2. The van der Waals surface area contributed by atoms with Crippen LogP contribution in [0.25, 0.3) is 0 Å². The quantitative estimate of drug-likeness (QED) is 0.902. The summed E-state index contributed by atoms with van der Waals surface area (Å²) in [6.45, 7) is 0.119. The molecule has 25 heavy (non-hydrogen) atoms. The first-order valence-corrected chi connectivity index (χ1v) is 9.24. The number of carbonyl (C=O) groups is 1. The van der Waals surface area contributed by atoms with Gasteiger partial charge in [0.1, 0.15) is 0 Å². The lowest BCUT2D eigenvalue weighted by Gasteiger charge is -2.36. The van der Waals surface area contributed by atoms with Crippen molar-refractivity contribution in [2.24, 2.45) is 5.41 Å². The van der Waals surface area contributed by atoms with Gasteiger partial charge in [-0.3, -0.25) is 4.79 Å². The van der Waals surface area contributed by atoms with Gasteiger partial charge in [-0.2, -0.15) is 0 Å². The van der Waals surface area contributed by atoms with E-state index < -0.39 is 0 Å². The van der Waals surface area contributed by atoms with E-state index in [0.29, 0.717) is 10.6 Å². The maximum Gasteiger partial charge on any atom is 0.254 e. The van der Waals surface area contributed by atoms with Gasteiger partial charge in [0, 0.05) is 28.1 Å². The van der Waals surface area contributed by atoms with E-state index in [4.69, 9.17) is 11.6 Å². The molecule has 0 unspecified atom stereocenters. The standard InChI is InChI=1S/C21H22ClNO2/c22-17-8-6-16(7-9-17)20(25)23-18-10-11-19(23)21(13-18,14-24)12-15-4-2-1-3-5-15/h1-9,18-19,24H,10-14H2/t18-,19+,21-/m0/s1. The number of hydrogen-bond donors (Lipinski definition) is 1. The van der Waals surface area contributed by atoms with Gasteiger partial charge in [-0.25, -0.2) is 0 Å². The summed E-state index contributed by atoms with van der Waals surface area (Å²) in [5.74, 6) is 0.0625. The summed E-state index contributed by atoms with van der Waals surface area (Å²) in [6.07, 6.45) is 3.69. The van der Waals surface area contributed by atoms with Crippen LogP contribution in [0.2, 0.25) is 5.02 Å². The maximum atomic E-state index is 13.1. The van der Waals surface area contributed by atoms with Gasteiger partial charge in [0.25, 0.3) is 5.91 Å². The van der Waals surface area contributed by atoms with Crippen LogP contribution in [0.5, 0.6) is 0 Å². The number of rotatable bonds is 4. The highest BCUT2D eigenvalue weighted by Gasteiger charge is 2.57. The molecule has 1 N–H and O–H groups in total. The zero-order chi connectivity index (χ0) is 17.4. The molecule has 3 nitrogen and oxygen atoms in total. The molecule has 4 heteroatoms. The molecule has 2 bridgehead atoms. The molecule has 4 rings (SSSR count). The first kappa shape index (κ1) is 16.6. The second kappa shape index (κ2) is 6.47. The van der Waals surface area contributed by atoms with Gasteiger partial charge < -0.3 is 10.0 Å². The van der Waals surface area contributed by atoms with Crippen LogP contribution in [-0.2, 0) is 6.42 Å². The van der Waals surface area contributed by atoms with Crippen molar-refractivity contribution in [1.82, 2.24) is 4.90 Å². The van der Waals surface area contributed by atoms with Crippen molar-refractivity contribution < 1.29 is 9.90 Å². The minimum atomic E-state index is -0.230. The van der Waals surface area contributed by atoms with Gasteiger partial charge in [0.15, 0.2) is 0 Å².